The van der Waals surface area contributed by atoms with Crippen LogP contribution in [0.1, 0.15) is 43.7 Å². The van der Waals surface area contributed by atoms with E-state index in [2.05, 4.69) is 27.7 Å². The number of nitrogens with one attached hydrogen (secondary N) is 2. The maximum absolute atomic E-state index is 5.56. The summed E-state index contributed by atoms with van der Waals surface area (Å²) < 4.78 is 10.8. The van der Waals surface area contributed by atoms with Gasteiger partial charge in [-0.05, 0) is 42.8 Å². The van der Waals surface area contributed by atoms with E-state index < -0.39 is 0 Å². The maximum atomic E-state index is 5.56. The van der Waals surface area contributed by atoms with Gasteiger partial charge in [-0.3, -0.25) is 4.90 Å². The summed E-state index contributed by atoms with van der Waals surface area (Å²) in [6, 6.07) is 9.17. The summed E-state index contributed by atoms with van der Waals surface area (Å²) in [6.07, 6.45) is 6.43. The van der Waals surface area contributed by atoms with E-state index in [0.29, 0.717) is 6.04 Å². The molecule has 144 valence electrons. The minimum atomic E-state index is 0.274. The van der Waals surface area contributed by atoms with Crippen LogP contribution < -0.4 is 15.4 Å². The third-order valence-corrected chi connectivity index (χ3v) is 5.65. The number of hydrogen-bond donors (Lipinski definition) is 2. The van der Waals surface area contributed by atoms with Crippen molar-refractivity contribution in [3.8, 4) is 5.75 Å². The van der Waals surface area contributed by atoms with E-state index in [1.165, 1.54) is 37.7 Å². The molecule has 6 heteroatoms. The third-order valence-electron chi connectivity index (χ3n) is 5.38. The minimum absolute atomic E-state index is 0.274. The smallest absolute Gasteiger partial charge is 0.166 e. The molecule has 1 heterocycles. The fourth-order valence-electron chi connectivity index (χ4n) is 3.85. The summed E-state index contributed by atoms with van der Waals surface area (Å²) in [5.74, 6) is 0.886. The lowest BCUT2D eigenvalue weighted by Gasteiger charge is -2.35. The molecule has 5 nitrogen and oxygen atoms in total. The Hall–Kier alpha value is -1.37. The topological polar surface area (TPSA) is 45.8 Å². The first-order chi connectivity index (χ1) is 12.8. The van der Waals surface area contributed by atoms with Crippen LogP contribution in [-0.4, -0.2) is 56.0 Å². The van der Waals surface area contributed by atoms with Crippen molar-refractivity contribution in [2.45, 2.75) is 44.2 Å². The zero-order valence-corrected chi connectivity index (χ0v) is 16.5. The van der Waals surface area contributed by atoms with E-state index in [1.54, 1.807) is 7.11 Å². The van der Waals surface area contributed by atoms with Gasteiger partial charge in [0.1, 0.15) is 5.75 Å². The van der Waals surface area contributed by atoms with E-state index in [-0.39, 0.29) is 6.04 Å². The number of nitrogens with zero attached hydrogens (tertiary/aromatic N) is 1. The first-order valence-corrected chi connectivity index (χ1v) is 10.2. The van der Waals surface area contributed by atoms with Crippen LogP contribution in [0.3, 0.4) is 0 Å². The quantitative estimate of drug-likeness (QED) is 0.744. The average Bonchev–Trinajstić information content (AvgIpc) is 2.70. The highest BCUT2D eigenvalue weighted by molar-refractivity contribution is 7.80. The second-order valence-corrected chi connectivity index (χ2v) is 7.53. The van der Waals surface area contributed by atoms with Gasteiger partial charge in [-0.1, -0.05) is 31.4 Å². The maximum Gasteiger partial charge on any atom is 0.166 e. The Labute approximate surface area is 162 Å². The third kappa shape index (κ3) is 5.56. The summed E-state index contributed by atoms with van der Waals surface area (Å²) >= 11 is 5.56. The van der Waals surface area contributed by atoms with Crippen molar-refractivity contribution in [2.24, 2.45) is 0 Å². The second kappa shape index (κ2) is 10.1. The standard InChI is InChI=1S/C20H31N3O2S/c1-24-18-9-7-16(8-10-18)19(23-11-13-25-14-12-23)15-21-20(26)22-17-5-3-2-4-6-17/h7-10,17,19H,2-6,11-15H2,1H3,(H2,21,22,26)/t19-/m1/s1. The Kier molecular flexibility index (Phi) is 7.53. The summed E-state index contributed by atoms with van der Waals surface area (Å²) in [4.78, 5) is 2.47. The van der Waals surface area contributed by atoms with Crippen LogP contribution in [0.5, 0.6) is 5.75 Å². The molecule has 2 fully saturated rings. The predicted octanol–water partition coefficient (Wildman–Crippen LogP) is 2.87. The van der Waals surface area contributed by atoms with Gasteiger partial charge in [0, 0.05) is 25.7 Å². The van der Waals surface area contributed by atoms with Crippen molar-refractivity contribution in [1.29, 1.82) is 0 Å². The summed E-state index contributed by atoms with van der Waals surface area (Å²) in [5.41, 5.74) is 1.28. The normalized spacial score (nSPS) is 20.3. The molecule has 26 heavy (non-hydrogen) atoms. The molecule has 3 rings (SSSR count). The molecule has 0 bridgehead atoms. The lowest BCUT2D eigenvalue weighted by atomic mass is 9.96. The largest absolute Gasteiger partial charge is 0.497 e. The van der Waals surface area contributed by atoms with E-state index in [0.717, 1.165) is 43.7 Å². The lowest BCUT2D eigenvalue weighted by molar-refractivity contribution is 0.0170. The molecule has 1 aliphatic heterocycles. The molecule has 2 N–H and O–H groups in total. The van der Waals surface area contributed by atoms with Crippen LogP contribution in [-0.2, 0) is 4.74 Å². The van der Waals surface area contributed by atoms with Crippen LogP contribution in [0.15, 0.2) is 24.3 Å². The Morgan fingerprint density at radius 1 is 1.19 bits per heavy atom. The number of methoxy groups -OCH3 is 1. The first kappa shape index (κ1) is 19.4. The fourth-order valence-corrected chi connectivity index (χ4v) is 4.10. The molecule has 1 saturated carbocycles. The molecule has 0 radical (unpaired) electrons. The molecule has 0 unspecified atom stereocenters. The van der Waals surface area contributed by atoms with E-state index in [4.69, 9.17) is 21.7 Å². The SMILES string of the molecule is COc1ccc([C@@H](CNC(=S)NC2CCCCC2)N2CCOCC2)cc1. The van der Waals surface area contributed by atoms with E-state index >= 15 is 0 Å². The van der Waals surface area contributed by atoms with E-state index in [1.807, 2.05) is 12.1 Å². The van der Waals surface area contributed by atoms with Gasteiger partial charge in [-0.25, -0.2) is 0 Å². The average molecular weight is 378 g/mol. The van der Waals surface area contributed by atoms with Gasteiger partial charge in [0.25, 0.3) is 0 Å². The number of ether oxygens (including phenoxy) is 2. The highest BCUT2D eigenvalue weighted by Gasteiger charge is 2.23. The number of morpholine rings is 1. The Balaban J connectivity index is 1.59. The summed E-state index contributed by atoms with van der Waals surface area (Å²) in [6.45, 7) is 4.27. The second-order valence-electron chi connectivity index (χ2n) is 7.13. The van der Waals surface area contributed by atoms with Gasteiger partial charge in [0.2, 0.25) is 0 Å². The molecular weight excluding hydrogens is 346 g/mol. The first-order valence-electron chi connectivity index (χ1n) is 9.76. The van der Waals surface area contributed by atoms with Crippen molar-refractivity contribution in [3.63, 3.8) is 0 Å². The summed E-state index contributed by atoms with van der Waals surface area (Å²) in [5, 5.41) is 7.75. The van der Waals surface area contributed by atoms with Gasteiger partial charge in [0.15, 0.2) is 5.11 Å². The molecule has 1 saturated heterocycles. The van der Waals surface area contributed by atoms with Gasteiger partial charge < -0.3 is 20.1 Å². The highest BCUT2D eigenvalue weighted by atomic mass is 32.1. The Bertz CT molecular complexity index is 555. The molecule has 1 aromatic carbocycles. The number of benzene rings is 1. The molecule has 0 amide bonds. The molecular formula is C20H31N3O2S. The van der Waals surface area contributed by atoms with Crippen molar-refractivity contribution >= 4 is 17.3 Å². The van der Waals surface area contributed by atoms with Gasteiger partial charge >= 0.3 is 0 Å². The number of thiocarbonyl (C=S) groups is 1. The van der Waals surface area contributed by atoms with Crippen molar-refractivity contribution < 1.29 is 9.47 Å². The van der Waals surface area contributed by atoms with Gasteiger partial charge in [0.05, 0.1) is 26.4 Å². The Morgan fingerprint density at radius 3 is 2.54 bits per heavy atom. The number of rotatable bonds is 6. The Morgan fingerprint density at radius 2 is 1.88 bits per heavy atom. The van der Waals surface area contributed by atoms with Crippen molar-refractivity contribution in [3.05, 3.63) is 29.8 Å². The van der Waals surface area contributed by atoms with Crippen molar-refractivity contribution in [1.82, 2.24) is 15.5 Å². The van der Waals surface area contributed by atoms with Crippen molar-refractivity contribution in [2.75, 3.05) is 40.0 Å². The molecule has 1 aromatic rings. The minimum Gasteiger partial charge on any atom is -0.497 e. The van der Waals surface area contributed by atoms with Crippen LogP contribution in [0.2, 0.25) is 0 Å². The molecule has 1 atom stereocenters. The van der Waals surface area contributed by atoms with Crippen LogP contribution in [0.4, 0.5) is 0 Å². The zero-order chi connectivity index (χ0) is 18.2. The van der Waals surface area contributed by atoms with Crippen LogP contribution in [0.25, 0.3) is 0 Å². The molecule has 1 aliphatic carbocycles. The fraction of sp³-hybridized carbons (Fsp3) is 0.650. The zero-order valence-electron chi connectivity index (χ0n) is 15.7. The molecule has 0 spiro atoms. The van der Waals surface area contributed by atoms with Gasteiger partial charge in [-0.2, -0.15) is 0 Å². The molecule has 2 aliphatic rings. The van der Waals surface area contributed by atoms with E-state index in [9.17, 15) is 0 Å². The number of hydrogen-bond acceptors (Lipinski definition) is 4. The predicted molar refractivity (Wildman–Crippen MR) is 109 cm³/mol. The van der Waals surface area contributed by atoms with Gasteiger partial charge in [-0.15, -0.1) is 0 Å². The molecule has 0 aromatic heterocycles. The lowest BCUT2D eigenvalue weighted by Crippen LogP contribution is -2.47. The summed E-state index contributed by atoms with van der Waals surface area (Å²) in [7, 11) is 1.70. The monoisotopic (exact) mass is 377 g/mol. The highest BCUT2D eigenvalue weighted by Crippen LogP contribution is 2.24. The van der Waals surface area contributed by atoms with Crippen LogP contribution >= 0.6 is 12.2 Å². The van der Waals surface area contributed by atoms with Crippen LogP contribution in [0, 0.1) is 0 Å².